The van der Waals surface area contributed by atoms with Crippen molar-refractivity contribution >= 4 is 42.0 Å². The molecule has 6 aromatic carbocycles. The number of ketones is 2. The predicted octanol–water partition coefficient (Wildman–Crippen LogP) is 8.93. The number of aromatic carboxylic acids is 2. The third-order valence-electron chi connectivity index (χ3n) is 10.2. The number of aliphatic hydroxyl groups is 1. The van der Waals surface area contributed by atoms with Crippen LogP contribution in [0, 0.1) is 0 Å². The number of nitrogens with one attached hydrogen (secondary N) is 1. The number of amides is 1. The zero-order chi connectivity index (χ0) is 54.7. The number of carboxylic acid groups (broad SMARTS) is 2. The molecule has 20 heteroatoms. The number of carbonyl (C=O) groups excluding carboxylic acids is 3. The van der Waals surface area contributed by atoms with Crippen LogP contribution in [-0.2, 0) is 4.74 Å². The number of carbonyl (C=O) groups is 5. The number of fused-ring (bicyclic) bond motifs is 3. The summed E-state index contributed by atoms with van der Waals surface area (Å²) in [6, 6.07) is 32.7. The van der Waals surface area contributed by atoms with Crippen LogP contribution in [0.5, 0.6) is 46.0 Å². The summed E-state index contributed by atoms with van der Waals surface area (Å²) < 4.78 is 21.3. The molecule has 0 aromatic heterocycles. The summed E-state index contributed by atoms with van der Waals surface area (Å²) in [6.07, 6.45) is 1.24. The Kier molecular flexibility index (Phi) is 27.2. The molecule has 0 spiro atoms. The lowest BCUT2D eigenvalue weighted by atomic mass is 9.98. The zero-order valence-electron chi connectivity index (χ0n) is 41.7. The van der Waals surface area contributed by atoms with Gasteiger partial charge in [0.15, 0.2) is 11.6 Å². The van der Waals surface area contributed by atoms with Crippen molar-refractivity contribution in [3.63, 3.8) is 0 Å². The summed E-state index contributed by atoms with van der Waals surface area (Å²) in [5, 5.41) is 74.3. The van der Waals surface area contributed by atoms with Crippen molar-refractivity contribution in [1.82, 2.24) is 5.32 Å². The maximum Gasteiger partial charge on any atom is 0.407 e. The van der Waals surface area contributed by atoms with Gasteiger partial charge in [-0.3, -0.25) is 9.59 Å². The fraction of sp³-hybridized carbons (Fsp3) is 0.255. The van der Waals surface area contributed by atoms with Gasteiger partial charge in [0.1, 0.15) is 76.9 Å². The minimum Gasteiger partial charge on any atom is -0.508 e. The fourth-order valence-electron chi connectivity index (χ4n) is 6.65. The Morgan fingerprint density at radius 2 is 0.947 bits per heavy atom. The third kappa shape index (κ3) is 20.1. The van der Waals surface area contributed by atoms with Gasteiger partial charge in [-0.1, -0.05) is 62.4 Å². The van der Waals surface area contributed by atoms with E-state index in [9.17, 15) is 39.3 Å². The highest BCUT2D eigenvalue weighted by atomic mass is 35.5. The van der Waals surface area contributed by atoms with Crippen LogP contribution in [0.4, 0.5) is 4.79 Å². The molecule has 11 N–H and O–H groups in total. The van der Waals surface area contributed by atoms with Gasteiger partial charge in [0.05, 0.1) is 24.3 Å². The second-order valence-electron chi connectivity index (χ2n) is 15.8. The van der Waals surface area contributed by atoms with E-state index in [1.165, 1.54) is 68.4 Å². The number of nitrogens with two attached hydrogens (primary N) is 1. The van der Waals surface area contributed by atoms with Gasteiger partial charge in [-0.15, -0.1) is 12.4 Å². The molecular formula is C55H63ClN2O17. The summed E-state index contributed by atoms with van der Waals surface area (Å²) in [4.78, 5) is 55.3. The van der Waals surface area contributed by atoms with Gasteiger partial charge >= 0.3 is 18.0 Å². The largest absolute Gasteiger partial charge is 0.508 e. The van der Waals surface area contributed by atoms with E-state index in [0.29, 0.717) is 49.2 Å². The van der Waals surface area contributed by atoms with Crippen molar-refractivity contribution in [1.29, 1.82) is 0 Å². The molecule has 75 heavy (non-hydrogen) atoms. The summed E-state index contributed by atoms with van der Waals surface area (Å²) in [6.45, 7) is 8.88. The van der Waals surface area contributed by atoms with Crippen molar-refractivity contribution in [2.45, 2.75) is 46.5 Å². The van der Waals surface area contributed by atoms with Crippen LogP contribution in [0.2, 0.25) is 0 Å². The highest BCUT2D eigenvalue weighted by molar-refractivity contribution is 5.97. The zero-order valence-corrected chi connectivity index (χ0v) is 42.5. The molecule has 0 bridgehead atoms. The highest BCUT2D eigenvalue weighted by Crippen LogP contribution is 2.44. The average molecular weight is 1060 g/mol. The Labute approximate surface area is 439 Å². The molecule has 0 saturated heterocycles. The van der Waals surface area contributed by atoms with E-state index in [4.69, 9.17) is 50.2 Å². The number of carboxylic acids is 2. The Morgan fingerprint density at radius 1 is 0.547 bits per heavy atom. The number of hydrogen-bond donors (Lipinski definition) is 10. The van der Waals surface area contributed by atoms with Crippen LogP contribution >= 0.6 is 12.4 Å². The maximum absolute atomic E-state index is 12.1. The lowest BCUT2D eigenvalue weighted by Gasteiger charge is -2.14. The Morgan fingerprint density at radius 3 is 1.33 bits per heavy atom. The Bertz CT molecular complexity index is 2710. The van der Waals surface area contributed by atoms with Gasteiger partial charge in [0, 0.05) is 43.3 Å². The first-order valence-electron chi connectivity index (χ1n) is 23.1. The van der Waals surface area contributed by atoms with Crippen molar-refractivity contribution in [3.8, 4) is 57.1 Å². The van der Waals surface area contributed by atoms with Gasteiger partial charge in [0.25, 0.3) is 0 Å². The Hall–Kier alpha value is -8.52. The second kappa shape index (κ2) is 32.5. The first-order valence-corrected chi connectivity index (χ1v) is 23.1. The molecule has 7 rings (SSSR count). The molecule has 1 aliphatic carbocycles. The van der Waals surface area contributed by atoms with Gasteiger partial charge in [-0.2, -0.15) is 0 Å². The van der Waals surface area contributed by atoms with Crippen molar-refractivity contribution in [2.75, 3.05) is 46.1 Å². The first-order chi connectivity index (χ1) is 35.4. The minimum atomic E-state index is -1.22. The number of Topliss-reactive ketones (excluding diaryl/α,β-unsaturated/α-hetero) is 2. The van der Waals surface area contributed by atoms with Crippen LogP contribution < -0.4 is 25.3 Å². The SMILES string of the molecule is CC(=O)c1ccc(O)cc1O.CCCO.CCCOc1ccc(C(C)=O)c(O)c1.Cl.NCCOc1ccc(C(=O)O)c(O)c1.O=C(NCCOc1ccc(C(=O)O)c(O)c1)OCC1c2ccccc2-c2ccccc21. The van der Waals surface area contributed by atoms with Crippen LogP contribution in [0.3, 0.4) is 0 Å². The van der Waals surface area contributed by atoms with E-state index in [0.717, 1.165) is 41.2 Å². The fourth-order valence-corrected chi connectivity index (χ4v) is 6.65. The van der Waals surface area contributed by atoms with E-state index in [2.05, 4.69) is 29.6 Å². The van der Waals surface area contributed by atoms with E-state index in [-0.39, 0.29) is 95.1 Å². The predicted molar refractivity (Wildman–Crippen MR) is 282 cm³/mol. The molecule has 0 saturated carbocycles. The molecule has 0 fully saturated rings. The first kappa shape index (κ1) is 62.6. The molecule has 402 valence electrons. The number of phenols is 5. The normalized spacial score (nSPS) is 10.4. The number of rotatable bonds is 17. The van der Waals surface area contributed by atoms with E-state index >= 15 is 0 Å². The molecule has 6 aromatic rings. The highest BCUT2D eigenvalue weighted by Gasteiger charge is 2.29. The second-order valence-corrected chi connectivity index (χ2v) is 15.8. The monoisotopic (exact) mass is 1060 g/mol. The van der Waals surface area contributed by atoms with Crippen molar-refractivity contribution in [2.24, 2.45) is 5.73 Å². The average Bonchev–Trinajstić information content (AvgIpc) is 3.69. The van der Waals surface area contributed by atoms with Crippen LogP contribution in [-0.4, -0.2) is 117 Å². The molecule has 1 amide bonds. The number of benzene rings is 6. The number of hydrogen-bond acceptors (Lipinski definition) is 16. The summed E-state index contributed by atoms with van der Waals surface area (Å²) in [5.74, 6) is -2.42. The van der Waals surface area contributed by atoms with Gasteiger partial charge in [-0.25, -0.2) is 14.4 Å². The molecular weight excluding hydrogens is 996 g/mol. The molecule has 0 aliphatic heterocycles. The third-order valence-corrected chi connectivity index (χ3v) is 10.2. The van der Waals surface area contributed by atoms with Gasteiger partial charge in [-0.05, 0) is 97.5 Å². The number of ether oxygens (including phenoxy) is 4. The van der Waals surface area contributed by atoms with Crippen LogP contribution in [0.15, 0.2) is 121 Å². The van der Waals surface area contributed by atoms with Crippen LogP contribution in [0.1, 0.15) is 99.0 Å². The van der Waals surface area contributed by atoms with Crippen molar-refractivity contribution in [3.05, 3.63) is 155 Å². The molecule has 0 unspecified atom stereocenters. The lowest BCUT2D eigenvalue weighted by molar-refractivity contribution is 0.0682. The number of phenolic OH excluding ortho intramolecular Hbond substituents is 3. The van der Waals surface area contributed by atoms with Gasteiger partial charge < -0.3 is 70.9 Å². The van der Waals surface area contributed by atoms with E-state index < -0.39 is 18.0 Å². The van der Waals surface area contributed by atoms with E-state index in [1.54, 1.807) is 12.1 Å². The molecule has 0 radical (unpaired) electrons. The summed E-state index contributed by atoms with van der Waals surface area (Å²) in [5.41, 5.74) is 10.0. The van der Waals surface area contributed by atoms with Crippen molar-refractivity contribution < 1.29 is 83.8 Å². The van der Waals surface area contributed by atoms with E-state index in [1.807, 2.05) is 38.1 Å². The Balaban J connectivity index is 0.000000366. The van der Waals surface area contributed by atoms with Gasteiger partial charge in [0.2, 0.25) is 0 Å². The standard InChI is InChI=1S/C24H21NO6.C11H14O3.C9H11NO4.C8H8O3.C3H8O.ClH/c26-22-13-15(9-10-20(22)23(27)28)30-12-11-25-24(29)31-14-21-18-7-3-1-5-16(18)17-6-2-4-8-19(17)21;1-3-6-14-9-4-5-10(8(2)12)11(13)7-9;10-3-4-14-6-1-2-7(9(12)13)8(11)5-6;1-5(9)7-3-2-6(10)4-8(7)11;1-2-3-4;/h1-10,13,21,26H,11-12,14H2,(H,25,29)(H,27,28);4-5,7,13H,3,6H2,1-2H3;1-2,5,11H,3-4,10H2,(H,12,13);2-4,10-11H,1H3;4H,2-3H2,1H3;1H. The molecule has 0 heterocycles. The molecule has 19 nitrogen and oxygen atoms in total. The quantitative estimate of drug-likeness (QED) is 0.0301. The smallest absolute Gasteiger partial charge is 0.407 e. The maximum atomic E-state index is 12.1. The summed E-state index contributed by atoms with van der Waals surface area (Å²) >= 11 is 0. The number of halogens is 1. The topological polar surface area (TPSA) is 322 Å². The molecule has 1 aliphatic rings. The number of aromatic hydroxyl groups is 5. The number of alkyl carbamates (subject to hydrolysis) is 1. The molecule has 0 atom stereocenters. The minimum absolute atomic E-state index is 0. The lowest BCUT2D eigenvalue weighted by Crippen LogP contribution is -2.29. The van der Waals surface area contributed by atoms with Crippen LogP contribution in [0.25, 0.3) is 11.1 Å². The summed E-state index contributed by atoms with van der Waals surface area (Å²) in [7, 11) is 0. The number of aliphatic hydroxyl groups excluding tert-OH is 1.